The van der Waals surface area contributed by atoms with Crippen LogP contribution in [0.25, 0.3) is 0 Å². The summed E-state index contributed by atoms with van der Waals surface area (Å²) in [5.41, 5.74) is 0.0670. The molecule has 2 aromatic rings. The van der Waals surface area contributed by atoms with Crippen LogP contribution < -0.4 is 0 Å². The van der Waals surface area contributed by atoms with Gasteiger partial charge in [0.05, 0.1) is 10.5 Å². The molecule has 29 heavy (non-hydrogen) atoms. The highest BCUT2D eigenvalue weighted by Crippen LogP contribution is 2.30. The second-order valence-corrected chi connectivity index (χ2v) is 6.99. The van der Waals surface area contributed by atoms with Gasteiger partial charge < -0.3 is 9.80 Å². The van der Waals surface area contributed by atoms with Crippen LogP contribution in [0.5, 0.6) is 0 Å². The smallest absolute Gasteiger partial charge is 0.333 e. The molecule has 0 N–H and O–H groups in total. The van der Waals surface area contributed by atoms with Gasteiger partial charge in [0.2, 0.25) is 0 Å². The fourth-order valence-corrected chi connectivity index (χ4v) is 2.82. The van der Waals surface area contributed by atoms with Crippen molar-refractivity contribution in [1.82, 2.24) is 9.80 Å². The Labute approximate surface area is 166 Å². The number of carbonyl (C=O) groups excluding carboxylic acids is 1. The number of rotatable bonds is 7. The highest BCUT2D eigenvalue weighted by atomic mass is 19.4. The number of amides is 1. The Morgan fingerprint density at radius 3 is 2.34 bits per heavy atom. The summed E-state index contributed by atoms with van der Waals surface area (Å²) >= 11 is 0. The van der Waals surface area contributed by atoms with E-state index in [0.29, 0.717) is 17.7 Å². The van der Waals surface area contributed by atoms with Crippen molar-refractivity contribution in [3.8, 4) is 0 Å². The van der Waals surface area contributed by atoms with Crippen molar-refractivity contribution in [2.24, 2.45) is 0 Å². The lowest BCUT2D eigenvalue weighted by atomic mass is 10.1. The molecule has 0 aliphatic heterocycles. The molecule has 0 radical (unpaired) electrons. The maximum Gasteiger partial charge on any atom is 0.416 e. The van der Waals surface area contributed by atoms with Crippen molar-refractivity contribution >= 4 is 11.6 Å². The van der Waals surface area contributed by atoms with E-state index < -0.39 is 22.6 Å². The molecule has 0 saturated heterocycles. The molecular formula is C20H22F3N3O3. The second-order valence-electron chi connectivity index (χ2n) is 6.99. The average molecular weight is 409 g/mol. The summed E-state index contributed by atoms with van der Waals surface area (Å²) in [5.74, 6) is -0.401. The van der Waals surface area contributed by atoms with Gasteiger partial charge in [-0.15, -0.1) is 0 Å². The second kappa shape index (κ2) is 9.04. The van der Waals surface area contributed by atoms with Gasteiger partial charge >= 0.3 is 6.18 Å². The van der Waals surface area contributed by atoms with Crippen molar-refractivity contribution in [3.63, 3.8) is 0 Å². The predicted octanol–water partition coefficient (Wildman–Crippen LogP) is 4.13. The molecule has 0 atom stereocenters. The lowest BCUT2D eigenvalue weighted by molar-refractivity contribution is -0.385. The minimum absolute atomic E-state index is 0.00731. The zero-order valence-electron chi connectivity index (χ0n) is 16.4. The molecule has 0 unspecified atom stereocenters. The molecule has 9 heteroatoms. The van der Waals surface area contributed by atoms with Gasteiger partial charge in [-0.05, 0) is 50.8 Å². The average Bonchev–Trinajstić information content (AvgIpc) is 2.63. The van der Waals surface area contributed by atoms with Gasteiger partial charge in [0.1, 0.15) is 0 Å². The molecule has 156 valence electrons. The molecule has 0 bridgehead atoms. The van der Waals surface area contributed by atoms with Crippen molar-refractivity contribution in [2.75, 3.05) is 27.2 Å². The van der Waals surface area contributed by atoms with E-state index in [1.807, 2.05) is 19.0 Å². The first-order valence-electron chi connectivity index (χ1n) is 8.84. The number of halogens is 3. The Hall–Kier alpha value is -2.94. The normalized spacial score (nSPS) is 11.6. The molecule has 0 aliphatic carbocycles. The first-order chi connectivity index (χ1) is 13.5. The molecule has 1 amide bonds. The van der Waals surface area contributed by atoms with E-state index in [1.54, 1.807) is 0 Å². The quantitative estimate of drug-likeness (QED) is 0.510. The van der Waals surface area contributed by atoms with Gasteiger partial charge in [-0.3, -0.25) is 14.9 Å². The number of carbonyl (C=O) groups is 1. The zero-order valence-corrected chi connectivity index (χ0v) is 16.4. The monoisotopic (exact) mass is 409 g/mol. The Morgan fingerprint density at radius 1 is 1.10 bits per heavy atom. The number of alkyl halides is 3. The summed E-state index contributed by atoms with van der Waals surface area (Å²) in [4.78, 5) is 26.7. The molecule has 6 nitrogen and oxygen atoms in total. The van der Waals surface area contributed by atoms with Gasteiger partial charge in [0.25, 0.3) is 11.6 Å². The van der Waals surface area contributed by atoms with E-state index in [4.69, 9.17) is 0 Å². The molecular weight excluding hydrogens is 387 g/mol. The van der Waals surface area contributed by atoms with Crippen molar-refractivity contribution in [2.45, 2.75) is 19.6 Å². The molecule has 0 aromatic heterocycles. The zero-order chi connectivity index (χ0) is 21.8. The van der Waals surface area contributed by atoms with Gasteiger partial charge in [-0.1, -0.05) is 12.1 Å². The Balaban J connectivity index is 2.31. The van der Waals surface area contributed by atoms with Crippen LogP contribution in [0.1, 0.15) is 27.0 Å². The van der Waals surface area contributed by atoms with Crippen molar-refractivity contribution < 1.29 is 22.9 Å². The topological polar surface area (TPSA) is 66.7 Å². The van der Waals surface area contributed by atoms with E-state index in [9.17, 15) is 28.1 Å². The summed E-state index contributed by atoms with van der Waals surface area (Å²) < 4.78 is 39.0. The summed E-state index contributed by atoms with van der Waals surface area (Å²) in [5, 5.41) is 11.0. The number of aryl methyl sites for hydroxylation is 1. The van der Waals surface area contributed by atoms with E-state index in [1.165, 1.54) is 42.2 Å². The standard InChI is InChI=1S/C20H22F3N3O3/c1-14-11-16(7-8-18(14)26(28)29)19(27)25(10-9-24(2)3)13-15-5-4-6-17(12-15)20(21,22)23/h4-8,11-12H,9-10,13H2,1-3H3. The van der Waals surface area contributed by atoms with Crippen LogP contribution in [0.15, 0.2) is 42.5 Å². The highest BCUT2D eigenvalue weighted by Gasteiger charge is 2.30. The molecule has 0 heterocycles. The third-order valence-electron chi connectivity index (χ3n) is 4.37. The number of nitro benzene ring substituents is 1. The van der Waals surface area contributed by atoms with Gasteiger partial charge in [-0.25, -0.2) is 0 Å². The number of hydrogen-bond acceptors (Lipinski definition) is 4. The van der Waals surface area contributed by atoms with Gasteiger partial charge in [0.15, 0.2) is 0 Å². The summed E-state index contributed by atoms with van der Waals surface area (Å²) in [6, 6.07) is 8.90. The summed E-state index contributed by atoms with van der Waals surface area (Å²) in [6.45, 7) is 2.33. The number of nitrogens with zero attached hydrogens (tertiary/aromatic N) is 3. The number of hydrogen-bond donors (Lipinski definition) is 0. The fourth-order valence-electron chi connectivity index (χ4n) is 2.82. The van der Waals surface area contributed by atoms with Crippen LogP contribution in [0.3, 0.4) is 0 Å². The third-order valence-corrected chi connectivity index (χ3v) is 4.37. The number of likely N-dealkylation sites (N-methyl/N-ethyl adjacent to an activating group) is 1. The Morgan fingerprint density at radius 2 is 1.79 bits per heavy atom. The number of nitro groups is 1. The molecule has 0 saturated carbocycles. The third kappa shape index (κ3) is 6.02. The summed E-state index contributed by atoms with van der Waals surface area (Å²) in [6.07, 6.45) is -4.47. The predicted molar refractivity (Wildman–Crippen MR) is 103 cm³/mol. The van der Waals surface area contributed by atoms with Gasteiger partial charge in [0, 0.05) is 36.8 Å². The van der Waals surface area contributed by atoms with Gasteiger partial charge in [-0.2, -0.15) is 13.2 Å². The first-order valence-corrected chi connectivity index (χ1v) is 8.84. The highest BCUT2D eigenvalue weighted by molar-refractivity contribution is 5.94. The lowest BCUT2D eigenvalue weighted by Gasteiger charge is -2.25. The van der Waals surface area contributed by atoms with E-state index in [2.05, 4.69) is 0 Å². The molecule has 0 aliphatic rings. The number of benzene rings is 2. The SMILES string of the molecule is Cc1cc(C(=O)N(CCN(C)C)Cc2cccc(C(F)(F)F)c2)ccc1[N+](=O)[O-]. The van der Waals surface area contributed by atoms with Crippen LogP contribution in [-0.4, -0.2) is 47.8 Å². The minimum Gasteiger partial charge on any atom is -0.333 e. The van der Waals surface area contributed by atoms with E-state index in [-0.39, 0.29) is 24.3 Å². The van der Waals surface area contributed by atoms with Crippen LogP contribution in [0, 0.1) is 17.0 Å². The van der Waals surface area contributed by atoms with Crippen LogP contribution >= 0.6 is 0 Å². The molecule has 0 spiro atoms. The van der Waals surface area contributed by atoms with Crippen LogP contribution in [0.2, 0.25) is 0 Å². The van der Waals surface area contributed by atoms with Crippen LogP contribution in [-0.2, 0) is 12.7 Å². The Bertz CT molecular complexity index is 898. The molecule has 2 aromatic carbocycles. The molecule has 0 fully saturated rings. The fraction of sp³-hybridized carbons (Fsp3) is 0.350. The van der Waals surface area contributed by atoms with Crippen molar-refractivity contribution in [3.05, 3.63) is 74.8 Å². The van der Waals surface area contributed by atoms with Crippen molar-refractivity contribution in [1.29, 1.82) is 0 Å². The van der Waals surface area contributed by atoms with Crippen LogP contribution in [0.4, 0.5) is 18.9 Å². The first kappa shape index (κ1) is 22.4. The maximum absolute atomic E-state index is 13.0. The molecule has 2 rings (SSSR count). The minimum atomic E-state index is -4.47. The maximum atomic E-state index is 13.0. The summed E-state index contributed by atoms with van der Waals surface area (Å²) in [7, 11) is 3.64. The lowest BCUT2D eigenvalue weighted by Crippen LogP contribution is -2.36. The largest absolute Gasteiger partial charge is 0.416 e. The van der Waals surface area contributed by atoms with E-state index in [0.717, 1.165) is 12.1 Å². The van der Waals surface area contributed by atoms with E-state index >= 15 is 0 Å². The Kier molecular flexibility index (Phi) is 6.97.